The Labute approximate surface area is 158 Å². The molecule has 1 aliphatic heterocycles. The van der Waals surface area contributed by atoms with Gasteiger partial charge in [0.2, 0.25) is 0 Å². The Balaban J connectivity index is 1.77. The second-order valence-corrected chi connectivity index (χ2v) is 7.85. The minimum atomic E-state index is -0.271. The van der Waals surface area contributed by atoms with E-state index in [0.29, 0.717) is 28.6 Å². The molecule has 26 heavy (non-hydrogen) atoms. The van der Waals surface area contributed by atoms with Gasteiger partial charge in [0.25, 0.3) is 5.91 Å². The number of aliphatic hydroxyl groups excluding tert-OH is 1. The van der Waals surface area contributed by atoms with E-state index in [-0.39, 0.29) is 24.0 Å². The number of rotatable bonds is 3. The van der Waals surface area contributed by atoms with Crippen LogP contribution in [0.4, 0.5) is 11.4 Å². The highest BCUT2D eigenvalue weighted by Gasteiger charge is 2.20. The molecule has 0 fully saturated rings. The van der Waals surface area contributed by atoms with E-state index in [1.165, 1.54) is 0 Å². The molecule has 1 amide bonds. The molecular weight excluding hydrogens is 352 g/mol. The number of nitrogens with one attached hydrogen (secondary N) is 2. The van der Waals surface area contributed by atoms with Gasteiger partial charge in [-0.05, 0) is 35.2 Å². The van der Waals surface area contributed by atoms with Crippen LogP contribution in [0.2, 0.25) is 5.02 Å². The van der Waals surface area contributed by atoms with Gasteiger partial charge in [-0.3, -0.25) is 4.79 Å². The fourth-order valence-electron chi connectivity index (χ4n) is 2.75. The number of carbonyl (C=O) groups is 1. The molecule has 0 spiro atoms. The van der Waals surface area contributed by atoms with Crippen LogP contribution in [0.3, 0.4) is 0 Å². The topological polar surface area (TPSA) is 70.6 Å². The quantitative estimate of drug-likeness (QED) is 0.757. The van der Waals surface area contributed by atoms with E-state index in [4.69, 9.17) is 16.3 Å². The molecule has 0 saturated carbocycles. The number of hydrogen-bond donors (Lipinski definition) is 3. The average Bonchev–Trinajstić information content (AvgIpc) is 2.60. The monoisotopic (exact) mass is 374 g/mol. The number of carbonyl (C=O) groups excluding carboxylic acids is 1. The standard InChI is InChI=1S/C20H23ClN2O3/c1-20(2,3)12-4-6-15(16(21)8-12)19(25)23-13-5-7-17-18(9-13)26-11-14(10-24)22-17/h4-9,14,22,24H,10-11H2,1-3H3,(H,23,25)/t14-/m0/s1. The third kappa shape index (κ3) is 3.94. The fraction of sp³-hybridized carbons (Fsp3) is 0.350. The summed E-state index contributed by atoms with van der Waals surface area (Å²) < 4.78 is 5.63. The van der Waals surface area contributed by atoms with Crippen molar-refractivity contribution in [2.24, 2.45) is 0 Å². The van der Waals surface area contributed by atoms with Gasteiger partial charge in [0, 0.05) is 11.8 Å². The minimum Gasteiger partial charge on any atom is -0.489 e. The number of halogens is 1. The largest absolute Gasteiger partial charge is 0.489 e. The van der Waals surface area contributed by atoms with Crippen LogP contribution in [-0.4, -0.2) is 30.3 Å². The summed E-state index contributed by atoms with van der Waals surface area (Å²) in [6.07, 6.45) is 0. The summed E-state index contributed by atoms with van der Waals surface area (Å²) in [7, 11) is 0. The maximum Gasteiger partial charge on any atom is 0.257 e. The van der Waals surface area contributed by atoms with Crippen molar-refractivity contribution in [1.82, 2.24) is 0 Å². The molecule has 1 aliphatic rings. The van der Waals surface area contributed by atoms with Gasteiger partial charge >= 0.3 is 0 Å². The molecule has 6 heteroatoms. The number of fused-ring (bicyclic) bond motifs is 1. The lowest BCUT2D eigenvalue weighted by Crippen LogP contribution is -2.34. The molecule has 0 aromatic heterocycles. The van der Waals surface area contributed by atoms with Crippen molar-refractivity contribution in [3.05, 3.63) is 52.5 Å². The maximum atomic E-state index is 12.6. The lowest BCUT2D eigenvalue weighted by atomic mass is 9.86. The Kier molecular flexibility index (Phi) is 5.12. The van der Waals surface area contributed by atoms with Crippen molar-refractivity contribution in [3.63, 3.8) is 0 Å². The number of aliphatic hydroxyl groups is 1. The van der Waals surface area contributed by atoms with E-state index < -0.39 is 0 Å². The first-order valence-corrected chi connectivity index (χ1v) is 8.91. The van der Waals surface area contributed by atoms with Crippen molar-refractivity contribution in [2.75, 3.05) is 23.8 Å². The van der Waals surface area contributed by atoms with Crippen LogP contribution in [0.1, 0.15) is 36.7 Å². The van der Waals surface area contributed by atoms with Crippen molar-refractivity contribution in [1.29, 1.82) is 0 Å². The summed E-state index contributed by atoms with van der Waals surface area (Å²) in [5.41, 5.74) is 2.88. The van der Waals surface area contributed by atoms with Crippen molar-refractivity contribution >= 4 is 28.9 Å². The Morgan fingerprint density at radius 2 is 2.08 bits per heavy atom. The maximum absolute atomic E-state index is 12.6. The van der Waals surface area contributed by atoms with Crippen LogP contribution in [-0.2, 0) is 5.41 Å². The van der Waals surface area contributed by atoms with Crippen LogP contribution in [0, 0.1) is 0 Å². The number of amides is 1. The van der Waals surface area contributed by atoms with E-state index in [1.807, 2.05) is 18.2 Å². The van der Waals surface area contributed by atoms with E-state index in [1.54, 1.807) is 18.2 Å². The van der Waals surface area contributed by atoms with Gasteiger partial charge in [0.05, 0.1) is 28.9 Å². The third-order valence-electron chi connectivity index (χ3n) is 4.34. The molecule has 2 aromatic carbocycles. The fourth-order valence-corrected chi connectivity index (χ4v) is 3.02. The summed E-state index contributed by atoms with van der Waals surface area (Å²) in [6.45, 7) is 6.67. The normalized spacial score (nSPS) is 16.3. The summed E-state index contributed by atoms with van der Waals surface area (Å²) in [5.74, 6) is 0.370. The van der Waals surface area contributed by atoms with Gasteiger partial charge in [0.1, 0.15) is 12.4 Å². The zero-order chi connectivity index (χ0) is 18.9. The number of hydrogen-bond acceptors (Lipinski definition) is 4. The van der Waals surface area contributed by atoms with Gasteiger partial charge in [-0.15, -0.1) is 0 Å². The first kappa shape index (κ1) is 18.5. The third-order valence-corrected chi connectivity index (χ3v) is 4.65. The van der Waals surface area contributed by atoms with Crippen LogP contribution in [0.5, 0.6) is 5.75 Å². The highest BCUT2D eigenvalue weighted by molar-refractivity contribution is 6.34. The second-order valence-electron chi connectivity index (χ2n) is 7.44. The molecule has 2 aromatic rings. The molecule has 0 bridgehead atoms. The Bertz CT molecular complexity index is 830. The molecule has 3 N–H and O–H groups in total. The Hall–Kier alpha value is -2.24. The SMILES string of the molecule is CC(C)(C)c1ccc(C(=O)Nc2ccc3c(c2)OC[C@H](CO)N3)c(Cl)c1. The van der Waals surface area contributed by atoms with Gasteiger partial charge in [-0.1, -0.05) is 38.4 Å². The van der Waals surface area contributed by atoms with Gasteiger partial charge in [-0.25, -0.2) is 0 Å². The molecule has 5 nitrogen and oxygen atoms in total. The highest BCUT2D eigenvalue weighted by Crippen LogP contribution is 2.32. The zero-order valence-electron chi connectivity index (χ0n) is 15.1. The summed E-state index contributed by atoms with van der Waals surface area (Å²) in [5, 5.41) is 15.7. The Morgan fingerprint density at radius 3 is 2.73 bits per heavy atom. The van der Waals surface area contributed by atoms with E-state index >= 15 is 0 Å². The van der Waals surface area contributed by atoms with Gasteiger partial charge in [0.15, 0.2) is 0 Å². The summed E-state index contributed by atoms with van der Waals surface area (Å²) >= 11 is 6.32. The number of benzene rings is 2. The molecule has 3 rings (SSSR count). The summed E-state index contributed by atoms with van der Waals surface area (Å²) in [4.78, 5) is 12.6. The van der Waals surface area contributed by atoms with Crippen molar-refractivity contribution < 1.29 is 14.6 Å². The van der Waals surface area contributed by atoms with Crippen LogP contribution in [0.25, 0.3) is 0 Å². The van der Waals surface area contributed by atoms with Crippen LogP contribution in [0.15, 0.2) is 36.4 Å². The van der Waals surface area contributed by atoms with Gasteiger partial charge < -0.3 is 20.5 Å². The smallest absolute Gasteiger partial charge is 0.257 e. The number of ether oxygens (including phenoxy) is 1. The van der Waals surface area contributed by atoms with E-state index in [9.17, 15) is 9.90 Å². The van der Waals surface area contributed by atoms with Crippen molar-refractivity contribution in [3.8, 4) is 5.75 Å². The Morgan fingerprint density at radius 1 is 1.31 bits per heavy atom. The molecule has 1 atom stereocenters. The molecule has 0 unspecified atom stereocenters. The zero-order valence-corrected chi connectivity index (χ0v) is 15.9. The lowest BCUT2D eigenvalue weighted by Gasteiger charge is -2.26. The predicted octanol–water partition coefficient (Wildman–Crippen LogP) is 4.06. The van der Waals surface area contributed by atoms with Crippen LogP contribution >= 0.6 is 11.6 Å². The van der Waals surface area contributed by atoms with E-state index in [0.717, 1.165) is 11.3 Å². The second kappa shape index (κ2) is 7.17. The van der Waals surface area contributed by atoms with E-state index in [2.05, 4.69) is 31.4 Å². The van der Waals surface area contributed by atoms with Gasteiger partial charge in [-0.2, -0.15) is 0 Å². The van der Waals surface area contributed by atoms with Crippen LogP contribution < -0.4 is 15.4 Å². The summed E-state index contributed by atoms with van der Waals surface area (Å²) in [6, 6.07) is 10.7. The molecule has 0 aliphatic carbocycles. The minimum absolute atomic E-state index is 0.000980. The molecular formula is C20H23ClN2O3. The first-order valence-electron chi connectivity index (χ1n) is 8.53. The number of anilines is 2. The lowest BCUT2D eigenvalue weighted by molar-refractivity contribution is 0.102. The molecule has 1 heterocycles. The first-order chi connectivity index (χ1) is 12.3. The van der Waals surface area contributed by atoms with Crippen molar-refractivity contribution in [2.45, 2.75) is 32.2 Å². The molecule has 138 valence electrons. The predicted molar refractivity (Wildman–Crippen MR) is 105 cm³/mol. The molecule has 0 radical (unpaired) electrons. The highest BCUT2D eigenvalue weighted by atomic mass is 35.5. The molecule has 0 saturated heterocycles. The average molecular weight is 375 g/mol.